The van der Waals surface area contributed by atoms with Crippen molar-refractivity contribution in [2.45, 2.75) is 6.18 Å². The van der Waals surface area contributed by atoms with Crippen molar-refractivity contribution < 1.29 is 18.0 Å². The maximum Gasteiger partial charge on any atom is 0.416 e. The molecule has 3 aromatic carbocycles. The van der Waals surface area contributed by atoms with Gasteiger partial charge < -0.3 is 20.9 Å². The van der Waals surface area contributed by atoms with E-state index in [0.29, 0.717) is 45.0 Å². The molecule has 0 atom stereocenters. The van der Waals surface area contributed by atoms with Crippen LogP contribution in [0.1, 0.15) is 5.56 Å². The van der Waals surface area contributed by atoms with Crippen molar-refractivity contribution in [2.24, 2.45) is 0 Å². The third-order valence-corrected chi connectivity index (χ3v) is 5.63. The molecule has 0 fully saturated rings. The number of nitrogens with zero attached hydrogens (tertiary/aromatic N) is 2. The number of benzene rings is 3. The number of pyridine rings is 1. The molecule has 0 radical (unpaired) electrons. The monoisotopic (exact) mass is 516 g/mol. The van der Waals surface area contributed by atoms with E-state index < -0.39 is 17.8 Å². The highest BCUT2D eigenvalue weighted by Crippen LogP contribution is 2.34. The second-order valence-electron chi connectivity index (χ2n) is 8.19. The molecule has 5 aromatic rings. The largest absolute Gasteiger partial charge is 0.416 e. The number of halogens is 3. The molecule has 4 N–H and O–H groups in total. The zero-order valence-corrected chi connectivity index (χ0v) is 19.5. The van der Waals surface area contributed by atoms with Crippen LogP contribution in [-0.4, -0.2) is 21.0 Å². The number of hydrogen-bond donors (Lipinski definition) is 4. The van der Waals surface area contributed by atoms with Crippen molar-refractivity contribution in [1.82, 2.24) is 15.0 Å². The van der Waals surface area contributed by atoms with Gasteiger partial charge >= 0.3 is 12.2 Å². The summed E-state index contributed by atoms with van der Waals surface area (Å²) in [5.74, 6) is 0.335. The van der Waals surface area contributed by atoms with Crippen LogP contribution in [0.5, 0.6) is 0 Å². The number of aromatic amines is 1. The minimum atomic E-state index is -4.48. The molecule has 5 rings (SSSR count). The number of alkyl halides is 3. The Morgan fingerprint density at radius 1 is 0.842 bits per heavy atom. The summed E-state index contributed by atoms with van der Waals surface area (Å²) in [6, 6.07) is 19.0. The molecule has 38 heavy (non-hydrogen) atoms. The van der Waals surface area contributed by atoms with Crippen LogP contribution >= 0.6 is 0 Å². The number of anilines is 4. The third-order valence-electron chi connectivity index (χ3n) is 5.63. The highest BCUT2D eigenvalue weighted by Gasteiger charge is 2.30. The van der Waals surface area contributed by atoms with E-state index in [1.807, 2.05) is 0 Å². The number of rotatable bonds is 5. The lowest BCUT2D eigenvalue weighted by atomic mass is 10.0. The van der Waals surface area contributed by atoms with Crippen LogP contribution in [0.15, 0.2) is 96.2 Å². The number of nitrogens with one attached hydrogen (secondary N) is 4. The van der Waals surface area contributed by atoms with E-state index in [9.17, 15) is 22.8 Å². The van der Waals surface area contributed by atoms with E-state index in [1.165, 1.54) is 24.7 Å². The van der Waals surface area contributed by atoms with Crippen LogP contribution in [0.25, 0.3) is 22.2 Å². The summed E-state index contributed by atoms with van der Waals surface area (Å²) in [6.45, 7) is 0. The van der Waals surface area contributed by atoms with E-state index in [-0.39, 0.29) is 5.43 Å². The van der Waals surface area contributed by atoms with Crippen LogP contribution in [0.2, 0.25) is 0 Å². The van der Waals surface area contributed by atoms with E-state index in [0.717, 1.165) is 12.1 Å². The molecule has 2 aromatic heterocycles. The summed E-state index contributed by atoms with van der Waals surface area (Å²) in [4.78, 5) is 36.0. The predicted molar refractivity (Wildman–Crippen MR) is 139 cm³/mol. The number of para-hydroxylation sites is 1. The first kappa shape index (κ1) is 24.5. The first-order valence-corrected chi connectivity index (χ1v) is 11.3. The second-order valence-corrected chi connectivity index (χ2v) is 8.19. The molecular weight excluding hydrogens is 497 g/mol. The highest BCUT2D eigenvalue weighted by molar-refractivity contribution is 6.02. The molecule has 2 amide bonds. The Morgan fingerprint density at radius 2 is 1.61 bits per heavy atom. The van der Waals surface area contributed by atoms with Crippen LogP contribution in [-0.2, 0) is 6.18 Å². The smallest absolute Gasteiger partial charge is 0.346 e. The van der Waals surface area contributed by atoms with Gasteiger partial charge in [0.1, 0.15) is 23.2 Å². The van der Waals surface area contributed by atoms with Crippen molar-refractivity contribution in [3.63, 3.8) is 0 Å². The Bertz CT molecular complexity index is 1680. The number of carbonyl (C=O) groups excluding carboxylic acids is 1. The number of carbonyl (C=O) groups is 1. The van der Waals surface area contributed by atoms with Gasteiger partial charge in [-0.25, -0.2) is 14.8 Å². The summed E-state index contributed by atoms with van der Waals surface area (Å²) in [5.41, 5.74) is 1.59. The van der Waals surface area contributed by atoms with Crippen molar-refractivity contribution in [3.05, 3.63) is 107 Å². The SMILES string of the molecule is O=C(Nc1ccc(Nc2ncnc3[nH]ccc(=O)c23)cc1)Nc1ccccc1-c1cccc(C(F)(F)F)c1. The second kappa shape index (κ2) is 10.1. The molecule has 0 saturated carbocycles. The molecule has 0 unspecified atom stereocenters. The van der Waals surface area contributed by atoms with Gasteiger partial charge in [0.05, 0.1) is 11.3 Å². The number of hydrogen-bond acceptors (Lipinski definition) is 5. The molecule has 0 saturated heterocycles. The Balaban J connectivity index is 1.30. The molecule has 0 aliphatic carbocycles. The lowest BCUT2D eigenvalue weighted by Crippen LogP contribution is -2.19. The first-order chi connectivity index (χ1) is 18.3. The van der Waals surface area contributed by atoms with Gasteiger partial charge in [0, 0.05) is 29.2 Å². The Kier molecular flexibility index (Phi) is 6.48. The zero-order valence-electron chi connectivity index (χ0n) is 19.5. The normalized spacial score (nSPS) is 11.2. The van der Waals surface area contributed by atoms with Crippen molar-refractivity contribution in [2.75, 3.05) is 16.0 Å². The minimum Gasteiger partial charge on any atom is -0.346 e. The number of aromatic nitrogens is 3. The zero-order chi connectivity index (χ0) is 26.7. The molecule has 0 aliphatic rings. The standard InChI is InChI=1S/C27H19F3N6O2/c28-27(29,30)17-5-3-4-16(14-17)20-6-1-2-7-21(20)36-26(38)35-19-10-8-18(9-11-19)34-25-23-22(37)12-13-31-24(23)32-15-33-25/h1-15H,(H2,35,36,38)(H2,31,32,33,34,37). The maximum atomic E-state index is 13.2. The average Bonchev–Trinajstić information content (AvgIpc) is 2.90. The van der Waals surface area contributed by atoms with Crippen molar-refractivity contribution >= 4 is 39.9 Å². The quantitative estimate of drug-likeness (QED) is 0.216. The summed E-state index contributed by atoms with van der Waals surface area (Å²) in [5, 5.41) is 8.78. The molecule has 8 nitrogen and oxygen atoms in total. The van der Waals surface area contributed by atoms with Gasteiger partial charge in [-0.3, -0.25) is 4.79 Å². The summed E-state index contributed by atoms with van der Waals surface area (Å²) < 4.78 is 39.5. The van der Waals surface area contributed by atoms with Gasteiger partial charge in [0.2, 0.25) is 0 Å². The van der Waals surface area contributed by atoms with E-state index in [4.69, 9.17) is 0 Å². The number of urea groups is 1. The van der Waals surface area contributed by atoms with Gasteiger partial charge in [-0.05, 0) is 48.0 Å². The van der Waals surface area contributed by atoms with Crippen LogP contribution < -0.4 is 21.4 Å². The van der Waals surface area contributed by atoms with Gasteiger partial charge in [-0.1, -0.05) is 30.3 Å². The van der Waals surface area contributed by atoms with Crippen LogP contribution in [0.3, 0.4) is 0 Å². The fourth-order valence-electron chi connectivity index (χ4n) is 3.87. The lowest BCUT2D eigenvalue weighted by Gasteiger charge is -2.14. The number of H-pyrrole nitrogens is 1. The summed E-state index contributed by atoms with van der Waals surface area (Å²) in [6.07, 6.45) is -1.64. The van der Waals surface area contributed by atoms with Crippen molar-refractivity contribution in [1.29, 1.82) is 0 Å². The average molecular weight is 516 g/mol. The summed E-state index contributed by atoms with van der Waals surface area (Å²) in [7, 11) is 0. The summed E-state index contributed by atoms with van der Waals surface area (Å²) >= 11 is 0. The van der Waals surface area contributed by atoms with E-state index in [1.54, 1.807) is 54.6 Å². The maximum absolute atomic E-state index is 13.2. The molecule has 0 aliphatic heterocycles. The molecule has 190 valence electrons. The van der Waals surface area contributed by atoms with Gasteiger partial charge in [0.25, 0.3) is 0 Å². The van der Waals surface area contributed by atoms with Crippen LogP contribution in [0, 0.1) is 0 Å². The predicted octanol–water partition coefficient (Wildman–Crippen LogP) is 6.39. The number of fused-ring (bicyclic) bond motifs is 1. The highest BCUT2D eigenvalue weighted by atomic mass is 19.4. The third kappa shape index (κ3) is 5.31. The molecule has 2 heterocycles. The van der Waals surface area contributed by atoms with Crippen LogP contribution in [0.4, 0.5) is 40.8 Å². The minimum absolute atomic E-state index is 0.234. The Labute approximate surface area is 213 Å². The van der Waals surface area contributed by atoms with Gasteiger partial charge in [-0.2, -0.15) is 13.2 Å². The fourth-order valence-corrected chi connectivity index (χ4v) is 3.87. The van der Waals surface area contributed by atoms with E-state index >= 15 is 0 Å². The fraction of sp³-hybridized carbons (Fsp3) is 0.0370. The Morgan fingerprint density at radius 3 is 2.39 bits per heavy atom. The van der Waals surface area contributed by atoms with Gasteiger partial charge in [0.15, 0.2) is 5.43 Å². The number of amides is 2. The van der Waals surface area contributed by atoms with Gasteiger partial charge in [-0.15, -0.1) is 0 Å². The van der Waals surface area contributed by atoms with E-state index in [2.05, 4.69) is 30.9 Å². The van der Waals surface area contributed by atoms with Crippen molar-refractivity contribution in [3.8, 4) is 11.1 Å². The topological polar surface area (TPSA) is 112 Å². The first-order valence-electron chi connectivity index (χ1n) is 11.3. The molecule has 11 heteroatoms. The molecular formula is C27H19F3N6O2. The molecule has 0 bridgehead atoms. The molecule has 0 spiro atoms. The lowest BCUT2D eigenvalue weighted by molar-refractivity contribution is -0.137. The Hall–Kier alpha value is -5.19.